The number of anilines is 1. The topological polar surface area (TPSA) is 34.1 Å². The Kier molecular flexibility index (Phi) is 4.80. The number of hydrogen-bond donors (Lipinski definition) is 1. The molecule has 0 saturated heterocycles. The van der Waals surface area contributed by atoms with Crippen LogP contribution in [0.2, 0.25) is 0 Å². The Labute approximate surface area is 87.5 Å². The molecule has 1 N–H and O–H groups in total. The van der Waals surface area contributed by atoms with Crippen molar-refractivity contribution in [2.24, 2.45) is 0 Å². The lowest BCUT2D eigenvalue weighted by atomic mass is 10.4. The van der Waals surface area contributed by atoms with E-state index in [9.17, 15) is 8.78 Å². The summed E-state index contributed by atoms with van der Waals surface area (Å²) < 4.78 is 28.5. The van der Waals surface area contributed by atoms with Crippen molar-refractivity contribution in [2.45, 2.75) is 19.8 Å². The number of alkyl halides is 2. The van der Waals surface area contributed by atoms with E-state index in [2.05, 4.69) is 10.3 Å². The molecule has 5 heteroatoms. The van der Waals surface area contributed by atoms with Crippen molar-refractivity contribution in [1.29, 1.82) is 0 Å². The van der Waals surface area contributed by atoms with Crippen molar-refractivity contribution in [3.8, 4) is 5.88 Å². The minimum absolute atomic E-state index is 0.219. The Morgan fingerprint density at radius 3 is 2.93 bits per heavy atom. The van der Waals surface area contributed by atoms with Gasteiger partial charge >= 0.3 is 0 Å². The van der Waals surface area contributed by atoms with Crippen LogP contribution in [0.25, 0.3) is 0 Å². The molecule has 84 valence electrons. The first-order valence-corrected chi connectivity index (χ1v) is 4.84. The molecule has 15 heavy (non-hydrogen) atoms. The summed E-state index contributed by atoms with van der Waals surface area (Å²) in [6.45, 7) is 2.21. The highest BCUT2D eigenvalue weighted by Gasteiger charge is 2.04. The smallest absolute Gasteiger partial charge is 0.272 e. The van der Waals surface area contributed by atoms with Crippen molar-refractivity contribution in [3.63, 3.8) is 0 Å². The molecule has 0 atom stereocenters. The fourth-order valence-electron chi connectivity index (χ4n) is 0.995. The highest BCUT2D eigenvalue weighted by Crippen LogP contribution is 2.12. The lowest BCUT2D eigenvalue weighted by Crippen LogP contribution is -2.09. The van der Waals surface area contributed by atoms with E-state index in [0.29, 0.717) is 5.82 Å². The fraction of sp³-hybridized carbons (Fsp3) is 0.500. The molecule has 0 saturated carbocycles. The molecule has 0 aliphatic heterocycles. The number of halogens is 2. The number of ether oxygens (including phenoxy) is 1. The fourth-order valence-corrected chi connectivity index (χ4v) is 0.995. The van der Waals surface area contributed by atoms with Gasteiger partial charge in [0.15, 0.2) is 6.61 Å². The second kappa shape index (κ2) is 6.16. The van der Waals surface area contributed by atoms with E-state index < -0.39 is 13.0 Å². The number of pyridine rings is 1. The summed E-state index contributed by atoms with van der Waals surface area (Å²) >= 11 is 0. The quantitative estimate of drug-likeness (QED) is 0.793. The standard InChI is InChI=1S/C10H14F2N2O/c1-2-6-13-9-4-3-5-10(14-9)15-7-8(11)12/h3-5,8H,2,6-7H2,1H3,(H,13,14). The molecular formula is C10H14F2N2O. The molecular weight excluding hydrogens is 202 g/mol. The van der Waals surface area contributed by atoms with E-state index in [1.54, 1.807) is 18.2 Å². The van der Waals surface area contributed by atoms with Crippen LogP contribution in [-0.4, -0.2) is 24.6 Å². The molecule has 0 aliphatic rings. The molecule has 0 amide bonds. The Morgan fingerprint density at radius 1 is 1.47 bits per heavy atom. The summed E-state index contributed by atoms with van der Waals surface area (Å²) in [6.07, 6.45) is -1.50. The molecule has 1 aromatic rings. The lowest BCUT2D eigenvalue weighted by Gasteiger charge is -2.07. The molecule has 0 aliphatic carbocycles. The SMILES string of the molecule is CCCNc1cccc(OCC(F)F)n1. The van der Waals surface area contributed by atoms with Gasteiger partial charge in [-0.05, 0) is 12.5 Å². The molecule has 0 spiro atoms. The minimum atomic E-state index is -2.47. The molecule has 0 bridgehead atoms. The van der Waals surface area contributed by atoms with Gasteiger partial charge in [-0.1, -0.05) is 13.0 Å². The van der Waals surface area contributed by atoms with E-state index in [1.165, 1.54) is 0 Å². The summed E-state index contributed by atoms with van der Waals surface area (Å²) in [5.74, 6) is 0.861. The Bertz CT molecular complexity index is 295. The summed E-state index contributed by atoms with van der Waals surface area (Å²) in [5, 5.41) is 3.04. The monoisotopic (exact) mass is 216 g/mol. The van der Waals surface area contributed by atoms with Crippen LogP contribution in [0.4, 0.5) is 14.6 Å². The first kappa shape index (κ1) is 11.7. The van der Waals surface area contributed by atoms with Crippen LogP contribution in [0.3, 0.4) is 0 Å². The number of nitrogens with zero attached hydrogens (tertiary/aromatic N) is 1. The van der Waals surface area contributed by atoms with Crippen molar-refractivity contribution in [3.05, 3.63) is 18.2 Å². The third kappa shape index (κ3) is 4.58. The Hall–Kier alpha value is -1.39. The zero-order valence-electron chi connectivity index (χ0n) is 8.54. The van der Waals surface area contributed by atoms with Crippen molar-refractivity contribution in [1.82, 2.24) is 4.98 Å². The highest BCUT2D eigenvalue weighted by atomic mass is 19.3. The average molecular weight is 216 g/mol. The van der Waals surface area contributed by atoms with Gasteiger partial charge in [0.2, 0.25) is 5.88 Å². The van der Waals surface area contributed by atoms with Crippen molar-refractivity contribution in [2.75, 3.05) is 18.5 Å². The molecule has 0 fully saturated rings. The van der Waals surface area contributed by atoms with Gasteiger partial charge in [0, 0.05) is 12.6 Å². The maximum Gasteiger partial charge on any atom is 0.272 e. The minimum Gasteiger partial charge on any atom is -0.472 e. The maximum atomic E-state index is 11.9. The van der Waals surface area contributed by atoms with Crippen LogP contribution in [0, 0.1) is 0 Å². The highest BCUT2D eigenvalue weighted by molar-refractivity contribution is 5.36. The van der Waals surface area contributed by atoms with Gasteiger partial charge in [-0.2, -0.15) is 4.98 Å². The Balaban J connectivity index is 2.50. The second-order valence-corrected chi connectivity index (χ2v) is 2.99. The number of aromatic nitrogens is 1. The third-order valence-corrected chi connectivity index (χ3v) is 1.64. The molecule has 0 radical (unpaired) electrons. The van der Waals surface area contributed by atoms with Gasteiger partial charge in [0.25, 0.3) is 6.43 Å². The lowest BCUT2D eigenvalue weighted by molar-refractivity contribution is 0.0796. The molecule has 0 aromatic carbocycles. The average Bonchev–Trinajstić information content (AvgIpc) is 2.24. The van der Waals surface area contributed by atoms with Gasteiger partial charge in [0.1, 0.15) is 5.82 Å². The molecule has 0 unspecified atom stereocenters. The largest absolute Gasteiger partial charge is 0.472 e. The Morgan fingerprint density at radius 2 is 2.27 bits per heavy atom. The first-order chi connectivity index (χ1) is 7.22. The van der Waals surface area contributed by atoms with Gasteiger partial charge in [-0.3, -0.25) is 0 Å². The summed E-state index contributed by atoms with van der Waals surface area (Å²) in [4.78, 5) is 4.02. The normalized spacial score (nSPS) is 10.4. The van der Waals surface area contributed by atoms with Crippen molar-refractivity contribution >= 4 is 5.82 Å². The molecule has 1 aromatic heterocycles. The van der Waals surface area contributed by atoms with Crippen LogP contribution in [0.1, 0.15) is 13.3 Å². The van der Waals surface area contributed by atoms with Gasteiger partial charge in [-0.25, -0.2) is 8.78 Å². The second-order valence-electron chi connectivity index (χ2n) is 2.99. The van der Waals surface area contributed by atoms with Crippen LogP contribution in [0.5, 0.6) is 5.88 Å². The summed E-state index contributed by atoms with van der Waals surface area (Å²) in [7, 11) is 0. The third-order valence-electron chi connectivity index (χ3n) is 1.64. The van der Waals surface area contributed by atoms with E-state index in [0.717, 1.165) is 13.0 Å². The van der Waals surface area contributed by atoms with E-state index >= 15 is 0 Å². The molecule has 1 rings (SSSR count). The molecule has 3 nitrogen and oxygen atoms in total. The maximum absolute atomic E-state index is 11.9. The van der Waals surface area contributed by atoms with Crippen LogP contribution in [0.15, 0.2) is 18.2 Å². The van der Waals surface area contributed by atoms with Gasteiger partial charge < -0.3 is 10.1 Å². The van der Waals surface area contributed by atoms with Gasteiger partial charge in [0.05, 0.1) is 0 Å². The summed E-state index contributed by atoms with van der Waals surface area (Å²) in [6, 6.07) is 5.04. The van der Waals surface area contributed by atoms with Crippen LogP contribution < -0.4 is 10.1 Å². The first-order valence-electron chi connectivity index (χ1n) is 4.84. The number of nitrogens with one attached hydrogen (secondary N) is 1. The zero-order valence-corrected chi connectivity index (χ0v) is 8.54. The van der Waals surface area contributed by atoms with Crippen molar-refractivity contribution < 1.29 is 13.5 Å². The van der Waals surface area contributed by atoms with Crippen LogP contribution in [-0.2, 0) is 0 Å². The summed E-state index contributed by atoms with van der Waals surface area (Å²) in [5.41, 5.74) is 0. The predicted octanol–water partition coefficient (Wildman–Crippen LogP) is 2.55. The van der Waals surface area contributed by atoms with E-state index in [4.69, 9.17) is 4.74 Å². The molecule has 1 heterocycles. The number of rotatable bonds is 6. The number of hydrogen-bond acceptors (Lipinski definition) is 3. The van der Waals surface area contributed by atoms with E-state index in [-0.39, 0.29) is 5.88 Å². The van der Waals surface area contributed by atoms with Crippen LogP contribution >= 0.6 is 0 Å². The van der Waals surface area contributed by atoms with Gasteiger partial charge in [-0.15, -0.1) is 0 Å². The predicted molar refractivity (Wildman–Crippen MR) is 54.5 cm³/mol. The van der Waals surface area contributed by atoms with E-state index in [1.807, 2.05) is 6.92 Å². The zero-order chi connectivity index (χ0) is 11.1.